The first-order valence-corrected chi connectivity index (χ1v) is 29.1. The maximum Gasteiger partial charge on any atom is 0.119 e. The highest BCUT2D eigenvalue weighted by atomic mass is 16.5. The number of rotatable bonds is 4. The van der Waals surface area contributed by atoms with Crippen molar-refractivity contribution in [1.82, 2.24) is 0 Å². The van der Waals surface area contributed by atoms with E-state index in [1.807, 2.05) is 0 Å². The van der Waals surface area contributed by atoms with Crippen LogP contribution in [-0.2, 0) is 18.3 Å². The Morgan fingerprint density at radius 3 is 0.929 bits per heavy atom. The zero-order valence-corrected chi connectivity index (χ0v) is 46.5. The Hall–Kier alpha value is -3.92. The summed E-state index contributed by atoms with van der Waals surface area (Å²) in [6, 6.07) is 28.0. The van der Waals surface area contributed by atoms with Crippen LogP contribution in [0, 0.1) is 0 Å². The lowest BCUT2D eigenvalue weighted by Crippen LogP contribution is -2.29. The van der Waals surface area contributed by atoms with Crippen LogP contribution >= 0.6 is 0 Å². The number of anilines is 2. The van der Waals surface area contributed by atoms with Crippen LogP contribution in [0.1, 0.15) is 266 Å². The normalized spacial score (nSPS) is 18.5. The van der Waals surface area contributed by atoms with Crippen LogP contribution in [0.2, 0.25) is 0 Å². The van der Waals surface area contributed by atoms with Gasteiger partial charge in [-0.1, -0.05) is 221 Å². The summed E-state index contributed by atoms with van der Waals surface area (Å²) in [7, 11) is 0. The number of nitrogens with zero attached hydrogens (tertiary/aromatic N) is 2. The van der Waals surface area contributed by atoms with Crippen molar-refractivity contribution in [2.24, 2.45) is 0 Å². The Bertz CT molecular complexity index is 1900. The van der Waals surface area contributed by atoms with E-state index in [1.165, 1.54) is 151 Å². The predicted molar refractivity (Wildman–Crippen MR) is 305 cm³/mol. The average Bonchev–Trinajstić information content (AvgIpc) is 3.83. The van der Waals surface area contributed by atoms with Gasteiger partial charge >= 0.3 is 0 Å². The smallest absolute Gasteiger partial charge is 0.119 e. The van der Waals surface area contributed by atoms with Crippen molar-refractivity contribution in [1.29, 1.82) is 0 Å². The SMILES string of the molecule is CC(C)c1cc2cc(C(C)C)c1N1CCN(C1)c1c(C(C)C)cc(cc1C(C)C)CCCCCCCCCCCCOc1ccc(cc1)C(C)(C)c1ccc(cc1)OCCCCCCCCCCCC2. The van der Waals surface area contributed by atoms with E-state index >= 15 is 0 Å². The first-order valence-electron chi connectivity index (χ1n) is 29.1. The first kappa shape index (κ1) is 55.4. The van der Waals surface area contributed by atoms with E-state index in [0.717, 1.165) is 57.3 Å². The molecule has 0 atom stereocenters. The highest BCUT2D eigenvalue weighted by Crippen LogP contribution is 2.42. The Labute approximate surface area is 430 Å². The topological polar surface area (TPSA) is 24.9 Å². The molecule has 4 aromatic carbocycles. The van der Waals surface area contributed by atoms with Gasteiger partial charge in [-0.15, -0.1) is 0 Å². The van der Waals surface area contributed by atoms with Crippen molar-refractivity contribution in [3.05, 3.63) is 117 Å². The molecule has 9 heterocycles. The van der Waals surface area contributed by atoms with Crippen LogP contribution in [-0.4, -0.2) is 33.0 Å². The summed E-state index contributed by atoms with van der Waals surface area (Å²) in [6.45, 7) is 28.7. The number of aryl methyl sites for hydroxylation is 2. The van der Waals surface area contributed by atoms with Gasteiger partial charge in [0, 0.05) is 29.9 Å². The number of hydrogen-bond acceptors (Lipinski definition) is 4. The van der Waals surface area contributed by atoms with Crippen LogP contribution in [0.5, 0.6) is 11.5 Å². The van der Waals surface area contributed by atoms with Gasteiger partial charge in [0.25, 0.3) is 0 Å². The fourth-order valence-electron chi connectivity index (χ4n) is 11.4. The van der Waals surface area contributed by atoms with Gasteiger partial charge in [-0.05, 0) is 131 Å². The van der Waals surface area contributed by atoms with Crippen molar-refractivity contribution < 1.29 is 9.47 Å². The van der Waals surface area contributed by atoms with Crippen molar-refractivity contribution in [2.75, 3.05) is 42.8 Å². The van der Waals surface area contributed by atoms with Crippen LogP contribution in [0.4, 0.5) is 11.4 Å². The molecule has 0 radical (unpaired) electrons. The molecule has 0 saturated carbocycles. The third-order valence-corrected chi connectivity index (χ3v) is 16.0. The van der Waals surface area contributed by atoms with Crippen molar-refractivity contribution in [3.63, 3.8) is 0 Å². The highest BCUT2D eigenvalue weighted by molar-refractivity contribution is 5.69. The lowest BCUT2D eigenvalue weighted by molar-refractivity contribution is 0.304. The van der Waals surface area contributed by atoms with E-state index in [9.17, 15) is 0 Å². The predicted octanol–water partition coefficient (Wildman–Crippen LogP) is 19.1. The molecule has 4 nitrogen and oxygen atoms in total. The molecule has 70 heavy (non-hydrogen) atoms. The summed E-state index contributed by atoms with van der Waals surface area (Å²) in [5.74, 6) is 3.94. The Morgan fingerprint density at radius 1 is 0.371 bits per heavy atom. The van der Waals surface area contributed by atoms with E-state index in [0.29, 0.717) is 23.7 Å². The van der Waals surface area contributed by atoms with E-state index in [2.05, 4.69) is 152 Å². The summed E-state index contributed by atoms with van der Waals surface area (Å²) in [4.78, 5) is 5.50. The summed E-state index contributed by atoms with van der Waals surface area (Å²) in [5, 5.41) is 0. The molecule has 0 aromatic heterocycles. The van der Waals surface area contributed by atoms with Crippen molar-refractivity contribution in [2.45, 2.75) is 240 Å². The molecule has 0 amide bonds. The Kier molecular flexibility index (Phi) is 22.4. The third kappa shape index (κ3) is 16.3. The molecular weight excluding hydrogens is 853 g/mol. The minimum Gasteiger partial charge on any atom is -0.494 e. The number of hydrogen-bond donors (Lipinski definition) is 0. The molecule has 0 aliphatic carbocycles. The minimum absolute atomic E-state index is 0.0937. The number of ether oxygens (including phenoxy) is 2. The first-order chi connectivity index (χ1) is 33.8. The second kappa shape index (κ2) is 28.4. The molecule has 0 N–H and O–H groups in total. The summed E-state index contributed by atoms with van der Waals surface area (Å²) in [5.41, 5.74) is 14.9. The van der Waals surface area contributed by atoms with E-state index in [4.69, 9.17) is 9.47 Å². The van der Waals surface area contributed by atoms with Gasteiger partial charge in [-0.25, -0.2) is 0 Å². The monoisotopic (exact) mass is 953 g/mol. The van der Waals surface area contributed by atoms with Crippen LogP contribution in [0.3, 0.4) is 0 Å². The summed E-state index contributed by atoms with van der Waals surface area (Å²) >= 11 is 0. The van der Waals surface area contributed by atoms with Gasteiger partial charge in [0.2, 0.25) is 0 Å². The Morgan fingerprint density at radius 2 is 0.643 bits per heavy atom. The molecular formula is C66H100N2O2. The quantitative estimate of drug-likeness (QED) is 0.204. The van der Waals surface area contributed by atoms with E-state index in [-0.39, 0.29) is 5.41 Å². The minimum atomic E-state index is -0.0937. The third-order valence-electron chi connectivity index (χ3n) is 16.0. The maximum atomic E-state index is 6.19. The highest BCUT2D eigenvalue weighted by Gasteiger charge is 2.30. The van der Waals surface area contributed by atoms with Gasteiger partial charge in [0.1, 0.15) is 11.5 Å². The zero-order chi connectivity index (χ0) is 49.9. The molecule has 1 fully saturated rings. The molecule has 4 aromatic rings. The van der Waals surface area contributed by atoms with Crippen LogP contribution in [0.15, 0.2) is 72.8 Å². The van der Waals surface area contributed by atoms with Gasteiger partial charge < -0.3 is 19.3 Å². The fraction of sp³-hybridized carbons (Fsp3) is 0.636. The van der Waals surface area contributed by atoms with Crippen LogP contribution in [0.25, 0.3) is 0 Å². The summed E-state index contributed by atoms with van der Waals surface area (Å²) < 4.78 is 12.4. The molecule has 0 spiro atoms. The molecule has 386 valence electrons. The van der Waals surface area contributed by atoms with Crippen molar-refractivity contribution in [3.8, 4) is 11.5 Å². The lowest BCUT2D eigenvalue weighted by atomic mass is 9.78. The summed E-state index contributed by atoms with van der Waals surface area (Å²) in [6.07, 6.45) is 28.7. The molecule has 13 rings (SSSR count). The Balaban J connectivity index is 1.07. The number of benzene rings is 4. The molecule has 1 saturated heterocycles. The number of fused-ring (bicyclic) bond motifs is 1. The van der Waals surface area contributed by atoms with E-state index < -0.39 is 0 Å². The molecule has 9 aliphatic heterocycles. The van der Waals surface area contributed by atoms with Gasteiger partial charge in [0.05, 0.1) is 19.9 Å². The maximum absolute atomic E-state index is 6.19. The van der Waals surface area contributed by atoms with Crippen molar-refractivity contribution >= 4 is 11.4 Å². The molecule has 0 unspecified atom stereocenters. The van der Waals surface area contributed by atoms with E-state index in [1.54, 1.807) is 33.4 Å². The fourth-order valence-corrected chi connectivity index (χ4v) is 11.4. The lowest BCUT2D eigenvalue weighted by Gasteiger charge is -2.32. The second-order valence-electron chi connectivity index (χ2n) is 23.5. The molecule has 9 aliphatic rings. The molecule has 4 heteroatoms. The van der Waals surface area contributed by atoms with Crippen LogP contribution < -0.4 is 19.3 Å². The zero-order valence-electron chi connectivity index (χ0n) is 46.5. The second-order valence-corrected chi connectivity index (χ2v) is 23.5. The van der Waals surface area contributed by atoms with Gasteiger partial charge in [-0.3, -0.25) is 0 Å². The standard InChI is InChI=1S/C66H100N2O2/c1-50(2)60-45-54-31-27-23-19-15-11-13-17-21-25-29-43-69-58-37-33-56(34-38-58)66(9,10)57-35-39-59(40-36-57)70-44-30-26-22-18-14-12-16-20-24-28-32-55-47-62(52(5)6)65(63(48-55)53(7)8)68-42-41-67(49-68)64(60)61(46-54)51(3)4/h33-40,45-48,50-53H,11-32,41-44,49H2,1-10H3. The molecule has 10 bridgehead atoms. The average molecular weight is 954 g/mol. The van der Waals surface area contributed by atoms with Gasteiger partial charge in [0.15, 0.2) is 0 Å². The largest absolute Gasteiger partial charge is 0.494 e. The van der Waals surface area contributed by atoms with Gasteiger partial charge in [-0.2, -0.15) is 0 Å².